The molecule has 3 heterocycles. The zero-order valence-electron chi connectivity index (χ0n) is 21.1. The lowest BCUT2D eigenvalue weighted by Crippen LogP contribution is -2.48. The summed E-state index contributed by atoms with van der Waals surface area (Å²) in [5.41, 5.74) is 2.44. The predicted molar refractivity (Wildman–Crippen MR) is 141 cm³/mol. The molecule has 2 fully saturated rings. The summed E-state index contributed by atoms with van der Waals surface area (Å²) in [4.78, 5) is 21.5. The molecular weight excluding hydrogens is 440 g/mol. The van der Waals surface area contributed by atoms with E-state index in [0.29, 0.717) is 28.9 Å². The third kappa shape index (κ3) is 5.91. The van der Waals surface area contributed by atoms with E-state index in [2.05, 4.69) is 50.0 Å². The smallest absolute Gasteiger partial charge is 0.270 e. The van der Waals surface area contributed by atoms with E-state index in [1.165, 1.54) is 11.8 Å². The summed E-state index contributed by atoms with van der Waals surface area (Å²) in [7, 11) is 3.51. The summed E-state index contributed by atoms with van der Waals surface area (Å²) < 4.78 is 2.06. The van der Waals surface area contributed by atoms with Gasteiger partial charge in [-0.15, -0.1) is 0 Å². The van der Waals surface area contributed by atoms with Gasteiger partial charge in [0.05, 0.1) is 0 Å². The minimum atomic E-state index is -0.0669. The molecule has 0 spiro atoms. The zero-order chi connectivity index (χ0) is 24.9. The van der Waals surface area contributed by atoms with E-state index >= 15 is 0 Å². The summed E-state index contributed by atoms with van der Waals surface area (Å²) in [5.74, 6) is 1.90. The van der Waals surface area contributed by atoms with Crippen LogP contribution in [-0.4, -0.2) is 71.2 Å². The van der Waals surface area contributed by atoms with Crippen molar-refractivity contribution in [2.24, 2.45) is 0 Å². The number of carbonyl (C=O) groups is 1. The second-order valence-electron chi connectivity index (χ2n) is 9.86. The van der Waals surface area contributed by atoms with Gasteiger partial charge in [-0.2, -0.15) is 0 Å². The average Bonchev–Trinajstić information content (AvgIpc) is 3.47. The Balaban J connectivity index is 1.47. The van der Waals surface area contributed by atoms with Crippen LogP contribution in [0.5, 0.6) is 0 Å². The molecule has 35 heavy (non-hydrogen) atoms. The van der Waals surface area contributed by atoms with Crippen LogP contribution >= 0.6 is 0 Å². The van der Waals surface area contributed by atoms with Crippen molar-refractivity contribution in [1.29, 1.82) is 5.41 Å². The Bertz CT molecular complexity index is 1050. The van der Waals surface area contributed by atoms with E-state index in [1.54, 1.807) is 25.1 Å². The first kappa shape index (κ1) is 24.9. The number of hydrogen-bond donors (Lipinski definition) is 4. The minimum Gasteiger partial charge on any atom is -0.343 e. The largest absolute Gasteiger partial charge is 0.343 e. The number of hydrogen-bond acceptors (Lipinski definition) is 7. The van der Waals surface area contributed by atoms with Crippen LogP contribution in [0.15, 0.2) is 36.8 Å². The average molecular weight is 479 g/mol. The first-order valence-corrected chi connectivity index (χ1v) is 12.5. The number of nitrogens with zero attached hydrogens (tertiary/aromatic N) is 4. The maximum Gasteiger partial charge on any atom is 0.270 e. The molecule has 188 valence electrons. The fourth-order valence-corrected chi connectivity index (χ4v) is 5.06. The van der Waals surface area contributed by atoms with E-state index in [0.717, 1.165) is 57.7 Å². The summed E-state index contributed by atoms with van der Waals surface area (Å²) in [6.07, 6.45) is 7.50. The Labute approximate surface area is 208 Å². The van der Waals surface area contributed by atoms with Crippen molar-refractivity contribution in [3.8, 4) is 0 Å². The van der Waals surface area contributed by atoms with Crippen molar-refractivity contribution < 1.29 is 4.79 Å². The molecule has 1 aliphatic heterocycles. The van der Waals surface area contributed by atoms with Crippen LogP contribution in [0.1, 0.15) is 60.3 Å². The molecule has 2 aliphatic rings. The van der Waals surface area contributed by atoms with Gasteiger partial charge in [0.25, 0.3) is 5.91 Å². The van der Waals surface area contributed by atoms with Crippen LogP contribution in [0, 0.1) is 5.41 Å². The van der Waals surface area contributed by atoms with Crippen molar-refractivity contribution in [2.75, 3.05) is 44.4 Å². The summed E-state index contributed by atoms with van der Waals surface area (Å²) >= 11 is 0. The SMILES string of the molecule is C=C(Nc1ccc(CN2CCNC(C)C2)cn1)Nc1c(C=N)cc(C(=O)N(C)C)n1C1CCCC1. The van der Waals surface area contributed by atoms with E-state index in [1.807, 2.05) is 12.3 Å². The van der Waals surface area contributed by atoms with E-state index in [-0.39, 0.29) is 11.9 Å². The van der Waals surface area contributed by atoms with Crippen LogP contribution in [-0.2, 0) is 6.54 Å². The zero-order valence-corrected chi connectivity index (χ0v) is 21.1. The van der Waals surface area contributed by atoms with Gasteiger partial charge >= 0.3 is 0 Å². The first-order chi connectivity index (χ1) is 16.9. The number of nitrogens with one attached hydrogen (secondary N) is 4. The molecule has 0 bridgehead atoms. The van der Waals surface area contributed by atoms with Crippen molar-refractivity contribution in [3.05, 3.63) is 53.6 Å². The fourth-order valence-electron chi connectivity index (χ4n) is 5.06. The lowest BCUT2D eigenvalue weighted by molar-refractivity contribution is 0.0815. The Hall–Kier alpha value is -3.17. The van der Waals surface area contributed by atoms with Gasteiger partial charge in [-0.1, -0.05) is 25.5 Å². The van der Waals surface area contributed by atoms with Crippen LogP contribution in [0.2, 0.25) is 0 Å². The third-order valence-electron chi connectivity index (χ3n) is 6.77. The van der Waals surface area contributed by atoms with Gasteiger partial charge in [0.1, 0.15) is 23.2 Å². The maximum atomic E-state index is 12.9. The molecule has 1 amide bonds. The molecule has 1 saturated heterocycles. The molecule has 4 N–H and O–H groups in total. The molecule has 0 aromatic carbocycles. The van der Waals surface area contributed by atoms with Crippen LogP contribution in [0.4, 0.5) is 11.6 Å². The fraction of sp³-hybridized carbons (Fsp3) is 0.500. The second kappa shape index (κ2) is 11.0. The number of anilines is 2. The van der Waals surface area contributed by atoms with Crippen molar-refractivity contribution in [1.82, 2.24) is 24.7 Å². The number of carbonyl (C=O) groups excluding carboxylic acids is 1. The molecule has 1 atom stereocenters. The molecule has 9 nitrogen and oxygen atoms in total. The number of pyridine rings is 1. The number of aromatic nitrogens is 2. The highest BCUT2D eigenvalue weighted by Gasteiger charge is 2.28. The molecule has 4 rings (SSSR count). The summed E-state index contributed by atoms with van der Waals surface area (Å²) in [6.45, 7) is 10.3. The topological polar surface area (TPSA) is 101 Å². The predicted octanol–water partition coefficient (Wildman–Crippen LogP) is 3.49. The second-order valence-corrected chi connectivity index (χ2v) is 9.86. The van der Waals surface area contributed by atoms with Crippen molar-refractivity contribution in [2.45, 2.75) is 51.2 Å². The lowest BCUT2D eigenvalue weighted by atomic mass is 10.2. The van der Waals surface area contributed by atoms with Gasteiger partial charge in [-0.3, -0.25) is 9.69 Å². The number of rotatable bonds is 9. The standard InChI is InChI=1S/C26H38N8O/c1-18-16-33(12-11-28-18)17-20-9-10-24(29-15-20)30-19(2)31-25-21(14-27)13-23(26(35)32(3)4)34(25)22-7-5-6-8-22/h9-10,13-15,18,22,27-28,31H,2,5-8,11-12,16-17H2,1,3-4H3,(H,29,30). The molecule has 1 unspecified atom stereocenters. The van der Waals surface area contributed by atoms with E-state index in [4.69, 9.17) is 5.41 Å². The summed E-state index contributed by atoms with van der Waals surface area (Å²) in [6, 6.07) is 6.58. The van der Waals surface area contributed by atoms with E-state index in [9.17, 15) is 4.79 Å². The molecule has 9 heteroatoms. The molecule has 2 aromatic rings. The Morgan fingerprint density at radius 3 is 2.71 bits per heavy atom. The van der Waals surface area contributed by atoms with Gasteiger partial charge in [-0.25, -0.2) is 4.98 Å². The van der Waals surface area contributed by atoms with Gasteiger partial charge in [0.2, 0.25) is 0 Å². The Kier molecular flexibility index (Phi) is 7.87. The normalized spacial score (nSPS) is 18.9. The first-order valence-electron chi connectivity index (χ1n) is 12.5. The third-order valence-corrected chi connectivity index (χ3v) is 6.77. The molecule has 2 aromatic heterocycles. The molecule has 1 saturated carbocycles. The molecular formula is C26H38N8O. The lowest BCUT2D eigenvalue weighted by Gasteiger charge is -2.31. The van der Waals surface area contributed by atoms with Gasteiger partial charge < -0.3 is 30.8 Å². The van der Waals surface area contributed by atoms with Crippen molar-refractivity contribution >= 4 is 23.8 Å². The quantitative estimate of drug-likeness (QED) is 0.412. The number of piperazine rings is 1. The summed E-state index contributed by atoms with van der Waals surface area (Å²) in [5, 5.41) is 18.0. The van der Waals surface area contributed by atoms with Crippen molar-refractivity contribution in [3.63, 3.8) is 0 Å². The van der Waals surface area contributed by atoms with Gasteiger partial charge in [-0.05, 0) is 37.5 Å². The highest BCUT2D eigenvalue weighted by Crippen LogP contribution is 2.36. The Morgan fingerprint density at radius 2 is 2.09 bits per heavy atom. The van der Waals surface area contributed by atoms with E-state index < -0.39 is 0 Å². The maximum absolute atomic E-state index is 12.9. The molecule has 1 aliphatic carbocycles. The monoisotopic (exact) mass is 478 g/mol. The van der Waals surface area contributed by atoms with Crippen LogP contribution < -0.4 is 16.0 Å². The van der Waals surface area contributed by atoms with Gasteiger partial charge in [0.15, 0.2) is 0 Å². The Morgan fingerprint density at radius 1 is 1.31 bits per heavy atom. The number of amides is 1. The molecule has 0 radical (unpaired) electrons. The van der Waals surface area contributed by atoms with Crippen LogP contribution in [0.25, 0.3) is 0 Å². The van der Waals surface area contributed by atoms with Crippen LogP contribution in [0.3, 0.4) is 0 Å². The highest BCUT2D eigenvalue weighted by atomic mass is 16.2. The van der Waals surface area contributed by atoms with Gasteiger partial charge in [0, 0.05) is 70.3 Å². The minimum absolute atomic E-state index is 0.0669. The highest BCUT2D eigenvalue weighted by molar-refractivity contribution is 5.98.